The normalized spacial score (nSPS) is 14.8. The molecule has 0 radical (unpaired) electrons. The Morgan fingerprint density at radius 2 is 0.879 bits per heavy atom. The van der Waals surface area contributed by atoms with E-state index in [0.717, 1.165) is 126 Å². The summed E-state index contributed by atoms with van der Waals surface area (Å²) in [6, 6.07) is 41.4. The lowest BCUT2D eigenvalue weighted by Gasteiger charge is -2.21. The quantitative estimate of drug-likeness (QED) is 0.0264. The van der Waals surface area contributed by atoms with Gasteiger partial charge in [0.1, 0.15) is 96.4 Å². The molecule has 30 nitrogen and oxygen atoms in total. The van der Waals surface area contributed by atoms with Gasteiger partial charge in [-0.3, -0.25) is 62.2 Å². The second-order valence-corrected chi connectivity index (χ2v) is 42.0. The van der Waals surface area contributed by atoms with Crippen LogP contribution in [0.2, 0.25) is 20.1 Å². The molecule has 5 aliphatic heterocycles. The smallest absolute Gasteiger partial charge is 0.336 e. The summed E-state index contributed by atoms with van der Waals surface area (Å²) < 4.78 is 19.4. The largest absolute Gasteiger partial charge is 0.508 e. The van der Waals surface area contributed by atoms with Crippen LogP contribution < -0.4 is 21.8 Å². The van der Waals surface area contributed by atoms with E-state index in [4.69, 9.17) is 93.5 Å². The van der Waals surface area contributed by atoms with Crippen molar-refractivity contribution in [1.82, 2.24) is 64.4 Å². The lowest BCUT2D eigenvalue weighted by atomic mass is 9.90. The van der Waals surface area contributed by atoms with Crippen molar-refractivity contribution in [1.29, 1.82) is 0 Å². The molecule has 0 amide bonds. The van der Waals surface area contributed by atoms with Crippen LogP contribution in [0.4, 0.5) is 5.69 Å². The number of aromatic hydroxyl groups is 1. The van der Waals surface area contributed by atoms with E-state index in [1.165, 1.54) is 45.0 Å². The maximum atomic E-state index is 13.6. The second-order valence-electron chi connectivity index (χ2n) is 35.0. The molecule has 13 heterocycles. The number of Topliss-reactive ketones (excluding diaryl/α,β-unsaturated/α-hetero) is 2. The van der Waals surface area contributed by atoms with Crippen LogP contribution in [0.1, 0.15) is 208 Å². The number of thiocarbonyl (C=S) groups is 1. The molecule has 0 bridgehead atoms. The number of nitrogens with two attached hydrogens (primary N) is 1. The molecule has 0 fully saturated rings. The summed E-state index contributed by atoms with van der Waals surface area (Å²) in [6.45, 7) is 27.7. The number of aromatic carboxylic acids is 1. The van der Waals surface area contributed by atoms with E-state index in [2.05, 4.69) is 107 Å². The van der Waals surface area contributed by atoms with E-state index < -0.39 is 41.7 Å². The summed E-state index contributed by atoms with van der Waals surface area (Å²) >= 11 is 36.7. The number of carboxylic acids is 2. The minimum atomic E-state index is -1.20. The predicted octanol–water partition coefficient (Wildman–Crippen LogP) is 21.2. The molecule has 6 aromatic carbocycles. The number of esters is 1. The van der Waals surface area contributed by atoms with Crippen LogP contribution in [0, 0.1) is 76.2 Å². The Morgan fingerprint density at radius 1 is 0.475 bits per heavy atom. The molecular weight excluding hydrogens is 1970 g/mol. The highest BCUT2D eigenvalue weighted by Crippen LogP contribution is 2.48. The number of ketones is 2. The highest BCUT2D eigenvalue weighted by atomic mass is 35.5. The summed E-state index contributed by atoms with van der Waals surface area (Å²) in [6.07, 6.45) is 1.82. The van der Waals surface area contributed by atoms with Crippen molar-refractivity contribution in [2.24, 2.45) is 25.7 Å². The number of aliphatic carboxylic acids is 1. The van der Waals surface area contributed by atoms with Gasteiger partial charge in [-0.1, -0.05) is 101 Å². The fourth-order valence-electron chi connectivity index (χ4n) is 17.1. The Kier molecular flexibility index (Phi) is 28.5. The molecule has 39 heteroatoms. The number of aromatic nitrogens is 12. The van der Waals surface area contributed by atoms with E-state index in [0.29, 0.717) is 77.0 Å². The van der Waals surface area contributed by atoms with Crippen molar-refractivity contribution < 1.29 is 48.4 Å². The molecule has 14 aromatic rings. The van der Waals surface area contributed by atoms with Gasteiger partial charge in [-0.25, -0.2) is 4.79 Å². The van der Waals surface area contributed by atoms with Crippen molar-refractivity contribution in [3.05, 3.63) is 321 Å². The lowest BCUT2D eigenvalue weighted by Crippen LogP contribution is -2.33. The van der Waals surface area contributed by atoms with E-state index in [1.54, 1.807) is 75.9 Å². The predicted molar refractivity (Wildman–Crippen MR) is 557 cm³/mol. The van der Waals surface area contributed by atoms with Crippen molar-refractivity contribution in [2.45, 2.75) is 152 Å². The van der Waals surface area contributed by atoms with Crippen molar-refractivity contribution in [3.63, 3.8) is 0 Å². The summed E-state index contributed by atoms with van der Waals surface area (Å²) in [5, 5.41) is 77.3. The fraction of sp³-hybridized carbons (Fsp3) is 0.245. The van der Waals surface area contributed by atoms with Gasteiger partial charge in [0, 0.05) is 131 Å². The van der Waals surface area contributed by atoms with Gasteiger partial charge in [-0.15, -0.1) is 86.1 Å². The van der Waals surface area contributed by atoms with Crippen LogP contribution in [-0.2, 0) is 23.9 Å². The average molecular weight is 2060 g/mol. The molecule has 141 heavy (non-hydrogen) atoms. The van der Waals surface area contributed by atoms with Gasteiger partial charge in [0.2, 0.25) is 0 Å². The fourth-order valence-corrected chi connectivity index (χ4v) is 22.6. The van der Waals surface area contributed by atoms with E-state index in [9.17, 15) is 44.1 Å². The number of hydrogen-bond donors (Lipinski definition) is 6. The second kappa shape index (κ2) is 40.6. The number of thiophene rings is 4. The van der Waals surface area contributed by atoms with E-state index >= 15 is 0 Å². The number of nitrogens with zero attached hydrogens (tertiary/aromatic N) is 16. The van der Waals surface area contributed by atoms with Crippen LogP contribution in [0.25, 0.3) is 53.4 Å². The number of rotatable bonds is 18. The van der Waals surface area contributed by atoms with E-state index in [-0.39, 0.29) is 89.5 Å². The first-order valence-electron chi connectivity index (χ1n) is 44.5. The Balaban J connectivity index is 0.000000138. The van der Waals surface area contributed by atoms with Crippen LogP contribution in [0.15, 0.2) is 187 Å². The number of carbonyl (C=O) groups excluding carboxylic acids is 3. The van der Waals surface area contributed by atoms with Crippen molar-refractivity contribution in [3.8, 4) is 48.2 Å². The summed E-state index contributed by atoms with van der Waals surface area (Å²) in [4.78, 5) is 99.5. The summed E-state index contributed by atoms with van der Waals surface area (Å²) in [5.41, 5.74) is 22.1. The number of carbonyl (C=O) groups is 5. The lowest BCUT2D eigenvalue weighted by molar-refractivity contribution is -0.155. The first-order valence-corrected chi connectivity index (χ1v) is 49.7. The Hall–Kier alpha value is -13.6. The Bertz CT molecular complexity index is 7890. The number of aryl methyl sites for hydroxylation is 7. The molecule has 0 unspecified atom stereocenters. The van der Waals surface area contributed by atoms with Crippen LogP contribution in [0.3, 0.4) is 0 Å². The van der Waals surface area contributed by atoms with Gasteiger partial charge in [0.15, 0.2) is 39.6 Å². The van der Waals surface area contributed by atoms with Gasteiger partial charge in [-0.05, 0) is 222 Å². The Morgan fingerprint density at radius 3 is 1.30 bits per heavy atom. The number of fused-ring (bicyclic) bond motifs is 14. The van der Waals surface area contributed by atoms with E-state index in [1.807, 2.05) is 157 Å². The number of nitrogens with one attached hydrogen (secondary N) is 2. The maximum Gasteiger partial charge on any atom is 0.336 e. The molecule has 6 aliphatic rings. The minimum absolute atomic E-state index is 0.00650. The number of anilines is 1. The van der Waals surface area contributed by atoms with Gasteiger partial charge in [-0.2, -0.15) is 0 Å². The average Bonchev–Trinajstić information content (AvgIpc) is 1.73. The van der Waals surface area contributed by atoms with Crippen LogP contribution >= 0.6 is 104 Å². The van der Waals surface area contributed by atoms with Gasteiger partial charge >= 0.3 is 17.9 Å². The van der Waals surface area contributed by atoms with Crippen molar-refractivity contribution >= 4 is 178 Å². The standard InChI is InChI=1S/C41H31ClN6O6S2.C23H25ClN4O2S.C19H18ClN5OS.C19H17ClN4O2S/c1-19-20(2)56-39-35(19)37(22-4-6-23(42)7-5-22)45-32(38-47-46-21(3)48(38)39)15-27(51)18-43-41(55)44-24-8-11-28(31(14-24)40(52)53)36-29-12-9-25(49)16-33(29)54-34-17-26(50)10-13-30(34)36;1-12-13(2)31-22-19(12)20(15-7-9-16(24)10-8-15)25-17(11-18(29)30-23(4,5)6)21-27-26-14(3)28(21)22;1-10-11(2)27-19-16(10)17(12-3-5-13(20)6-4-12)23-15(7-14(26)8-21)18-24-22-9-25(18)19;1-9-10(2)27-19-16(9)17(12-4-6-13(20)7-5-12)21-14(8-15(25)26)18-23-22-11(3)24(18)19/h4-14,16-17,32,49H,15,18H2,1-3H3,(H,52,53)(H2,43,44,55);7-10,17H,11H2,1-6H3;3-6,9,15H,7-8,21H2,1-2H3;4-7,14H,8H2,1-3H3,(H,25,26)/t32-;17-;15-;14-/m1111/s1. The van der Waals surface area contributed by atoms with Gasteiger partial charge in [0.25, 0.3) is 0 Å². The highest BCUT2D eigenvalue weighted by molar-refractivity contribution is 7.80. The number of carboxylic acid groups (broad SMARTS) is 2. The highest BCUT2D eigenvalue weighted by Gasteiger charge is 2.39. The zero-order valence-electron chi connectivity index (χ0n) is 78.5. The number of phenolic OH excluding ortho intramolecular Hbond substituents is 1. The molecule has 718 valence electrons. The summed E-state index contributed by atoms with van der Waals surface area (Å²) in [5.74, 6) is 2.07. The number of phenols is 1. The van der Waals surface area contributed by atoms with Crippen LogP contribution in [0.5, 0.6) is 5.75 Å². The van der Waals surface area contributed by atoms with Crippen molar-refractivity contribution in [2.75, 3.05) is 18.4 Å². The molecule has 0 saturated heterocycles. The number of aliphatic imine (C=N–C) groups is 4. The monoisotopic (exact) mass is 2060 g/mol. The third kappa shape index (κ3) is 20.3. The topological polar surface area (TPSA) is 408 Å². The van der Waals surface area contributed by atoms with Gasteiger partial charge < -0.3 is 40.8 Å². The Labute approximate surface area is 849 Å². The third-order valence-corrected chi connectivity index (χ3v) is 30.3. The summed E-state index contributed by atoms with van der Waals surface area (Å²) in [7, 11) is 0. The molecule has 8 aromatic heterocycles. The number of ether oxygens (including phenoxy) is 1. The molecule has 7 N–H and O–H groups in total. The molecule has 0 saturated carbocycles. The SMILES string of the molecule is Cc1sc2c(c1C)C(c1ccc(Cl)cc1)=N[C@H](CC(=O)CN)c1nncn1-2.Cc1sc2c(c1C)C(c1ccc(Cl)cc1)=N[C@H](CC(=O)CNC(=S)Nc1ccc(-c3c4ccc(=O)cc-4oc4cc(O)ccc34)c(C(=O)O)c1)c1nnc(C)n1-2.Cc1sc2c(c1C)C(c1ccc(Cl)cc1)=N[C@H](CC(=O)O)c1nnc(C)n1-2.Cc1sc2c(c1C)C(c1ccc(Cl)cc1)=N[C@H](CC(=O)OC(C)(C)C)c1nnc(C)n1-2. The zero-order valence-corrected chi connectivity index (χ0v) is 85.6. The zero-order chi connectivity index (χ0) is 100. The molecule has 20 rings (SSSR count). The molecule has 4 atom stereocenters. The van der Waals surface area contributed by atoms with Crippen LogP contribution in [-0.4, -0.2) is 151 Å². The van der Waals surface area contributed by atoms with Gasteiger partial charge in [0.05, 0.1) is 54.3 Å². The first kappa shape index (κ1) is 99.0. The minimum Gasteiger partial charge on any atom is -0.508 e. The molecular formula is C102H91Cl4N19O11S5. The molecule has 1 aliphatic carbocycles. The first-order chi connectivity index (χ1) is 67.3. The molecule has 0 spiro atoms. The number of benzene rings is 7. The third-order valence-electron chi connectivity index (χ3n) is 24.3. The number of hydrogen-bond acceptors (Lipinski definition) is 27. The maximum absolute atomic E-state index is 13.6. The number of halogens is 4.